The number of ether oxygens (including phenoxy) is 2. The van der Waals surface area contributed by atoms with E-state index in [0.29, 0.717) is 12.0 Å². The zero-order valence-corrected chi connectivity index (χ0v) is 15.2. The van der Waals surface area contributed by atoms with Gasteiger partial charge in [-0.25, -0.2) is 0 Å². The van der Waals surface area contributed by atoms with E-state index in [4.69, 9.17) is 9.47 Å². The quantitative estimate of drug-likeness (QED) is 0.825. The first-order chi connectivity index (χ1) is 12.3. The van der Waals surface area contributed by atoms with Gasteiger partial charge < -0.3 is 9.47 Å². The zero-order valence-electron chi connectivity index (χ0n) is 15.2. The van der Waals surface area contributed by atoms with Crippen molar-refractivity contribution < 1.29 is 9.47 Å². The molecule has 1 fully saturated rings. The van der Waals surface area contributed by atoms with Crippen LogP contribution in [-0.2, 0) is 13.0 Å². The minimum atomic E-state index is 0.612. The molecule has 25 heavy (non-hydrogen) atoms. The van der Waals surface area contributed by atoms with Crippen LogP contribution in [0.25, 0.3) is 0 Å². The summed E-state index contributed by atoms with van der Waals surface area (Å²) in [6.45, 7) is 2.27. The van der Waals surface area contributed by atoms with Crippen LogP contribution in [-0.4, -0.2) is 31.7 Å². The summed E-state index contributed by atoms with van der Waals surface area (Å²) in [6, 6.07) is 15.9. The molecule has 0 saturated carbocycles. The smallest absolute Gasteiger partial charge is 0.164 e. The van der Waals surface area contributed by atoms with E-state index >= 15 is 0 Å². The summed E-state index contributed by atoms with van der Waals surface area (Å²) in [6.07, 6.45) is 4.82. The van der Waals surface area contributed by atoms with Crippen LogP contribution < -0.4 is 9.47 Å². The third kappa shape index (κ3) is 3.02. The number of hydrogen-bond donors (Lipinski definition) is 0. The van der Waals surface area contributed by atoms with Gasteiger partial charge in [-0.1, -0.05) is 36.4 Å². The van der Waals surface area contributed by atoms with Gasteiger partial charge in [-0.3, -0.25) is 4.90 Å². The minimum absolute atomic E-state index is 0.612. The van der Waals surface area contributed by atoms with Gasteiger partial charge >= 0.3 is 0 Å². The predicted molar refractivity (Wildman–Crippen MR) is 100 cm³/mol. The molecule has 2 aromatic rings. The summed E-state index contributed by atoms with van der Waals surface area (Å²) < 4.78 is 11.2. The van der Waals surface area contributed by atoms with Crippen molar-refractivity contribution >= 4 is 0 Å². The van der Waals surface area contributed by atoms with Gasteiger partial charge in [-0.05, 0) is 55.3 Å². The third-order valence-corrected chi connectivity index (χ3v) is 5.90. The topological polar surface area (TPSA) is 21.7 Å². The van der Waals surface area contributed by atoms with E-state index < -0.39 is 0 Å². The Balaban J connectivity index is 1.63. The number of methoxy groups -OCH3 is 2. The van der Waals surface area contributed by atoms with Crippen LogP contribution in [0.5, 0.6) is 11.5 Å². The second kappa shape index (κ2) is 7.09. The Kier molecular flexibility index (Phi) is 4.67. The second-order valence-electron chi connectivity index (χ2n) is 7.18. The van der Waals surface area contributed by atoms with Crippen molar-refractivity contribution in [2.24, 2.45) is 0 Å². The van der Waals surface area contributed by atoms with Gasteiger partial charge in [-0.2, -0.15) is 0 Å². The first-order valence-corrected chi connectivity index (χ1v) is 9.33. The normalized spacial score (nSPS) is 22.8. The molecule has 2 aromatic carbocycles. The van der Waals surface area contributed by atoms with E-state index in [-0.39, 0.29) is 0 Å². The molecule has 132 valence electrons. The molecule has 0 N–H and O–H groups in total. The van der Waals surface area contributed by atoms with Crippen molar-refractivity contribution in [3.63, 3.8) is 0 Å². The van der Waals surface area contributed by atoms with Crippen molar-refractivity contribution in [3.8, 4) is 11.5 Å². The monoisotopic (exact) mass is 337 g/mol. The Hall–Kier alpha value is -2.00. The van der Waals surface area contributed by atoms with Crippen LogP contribution in [0.2, 0.25) is 0 Å². The number of nitrogens with zero attached hydrogens (tertiary/aromatic N) is 1. The molecule has 0 bridgehead atoms. The van der Waals surface area contributed by atoms with Gasteiger partial charge in [0.05, 0.1) is 14.2 Å². The summed E-state index contributed by atoms with van der Waals surface area (Å²) >= 11 is 0. The SMILES string of the molecule is COc1ccc2c(c1OC)CC[C@H]1C2CCCN1Cc1ccccc1. The second-order valence-corrected chi connectivity index (χ2v) is 7.18. The maximum Gasteiger partial charge on any atom is 0.164 e. The molecule has 0 amide bonds. The lowest BCUT2D eigenvalue weighted by molar-refractivity contribution is 0.104. The molecular formula is C22H27NO2. The van der Waals surface area contributed by atoms with Crippen molar-refractivity contribution in [3.05, 3.63) is 59.2 Å². The summed E-state index contributed by atoms with van der Waals surface area (Å²) in [5, 5.41) is 0. The van der Waals surface area contributed by atoms with E-state index in [9.17, 15) is 0 Å². The van der Waals surface area contributed by atoms with E-state index in [1.165, 1.54) is 42.5 Å². The van der Waals surface area contributed by atoms with Crippen molar-refractivity contribution in [2.75, 3.05) is 20.8 Å². The van der Waals surface area contributed by atoms with E-state index in [2.05, 4.69) is 47.4 Å². The molecule has 3 heteroatoms. The summed E-state index contributed by atoms with van der Waals surface area (Å²) in [4.78, 5) is 2.70. The van der Waals surface area contributed by atoms with Gasteiger partial charge in [0, 0.05) is 18.2 Å². The maximum absolute atomic E-state index is 5.70. The first kappa shape index (κ1) is 16.5. The lowest BCUT2D eigenvalue weighted by Gasteiger charge is -2.45. The molecule has 4 rings (SSSR count). The molecule has 2 atom stereocenters. The molecule has 1 aliphatic heterocycles. The Morgan fingerprint density at radius 1 is 1.00 bits per heavy atom. The van der Waals surface area contributed by atoms with Crippen molar-refractivity contribution in [1.29, 1.82) is 0 Å². The minimum Gasteiger partial charge on any atom is -0.493 e. The number of piperidine rings is 1. The van der Waals surface area contributed by atoms with Gasteiger partial charge in [0.15, 0.2) is 11.5 Å². The van der Waals surface area contributed by atoms with E-state index in [1.807, 2.05) is 0 Å². The Morgan fingerprint density at radius 2 is 1.84 bits per heavy atom. The first-order valence-electron chi connectivity index (χ1n) is 9.33. The summed E-state index contributed by atoms with van der Waals surface area (Å²) in [5.41, 5.74) is 4.26. The fourth-order valence-corrected chi connectivity index (χ4v) is 4.79. The molecule has 1 saturated heterocycles. The van der Waals surface area contributed by atoms with Crippen molar-refractivity contribution in [1.82, 2.24) is 4.90 Å². The van der Waals surface area contributed by atoms with Gasteiger partial charge in [0.25, 0.3) is 0 Å². The number of likely N-dealkylation sites (tertiary alicyclic amines) is 1. The molecule has 1 heterocycles. The molecule has 0 radical (unpaired) electrons. The Labute approximate surface area is 150 Å². The average molecular weight is 337 g/mol. The Morgan fingerprint density at radius 3 is 2.60 bits per heavy atom. The maximum atomic E-state index is 5.70. The molecule has 1 aliphatic carbocycles. The Bertz CT molecular complexity index is 728. The highest BCUT2D eigenvalue weighted by molar-refractivity contribution is 5.53. The molecule has 3 nitrogen and oxygen atoms in total. The van der Waals surface area contributed by atoms with Crippen LogP contribution in [0, 0.1) is 0 Å². The lowest BCUT2D eigenvalue weighted by atomic mass is 9.74. The van der Waals surface area contributed by atoms with E-state index in [1.54, 1.807) is 14.2 Å². The number of fused-ring (bicyclic) bond motifs is 3. The standard InChI is InChI=1S/C22H27NO2/c1-24-21-13-11-17-18-9-6-14-23(15-16-7-4-3-5-8-16)20(18)12-10-19(17)22(21)25-2/h3-5,7-8,11,13,18,20H,6,9-10,12,14-15H2,1-2H3/t18?,20-/m0/s1. The third-order valence-electron chi connectivity index (χ3n) is 5.90. The molecule has 1 unspecified atom stereocenters. The average Bonchev–Trinajstić information content (AvgIpc) is 2.67. The van der Waals surface area contributed by atoms with Crippen LogP contribution in [0.15, 0.2) is 42.5 Å². The highest BCUT2D eigenvalue weighted by atomic mass is 16.5. The zero-order chi connectivity index (χ0) is 17.2. The van der Waals surface area contributed by atoms with Gasteiger partial charge in [0.1, 0.15) is 0 Å². The molecular weight excluding hydrogens is 310 g/mol. The molecule has 2 aliphatic rings. The fraction of sp³-hybridized carbons (Fsp3) is 0.455. The van der Waals surface area contributed by atoms with Crippen LogP contribution in [0.4, 0.5) is 0 Å². The summed E-state index contributed by atoms with van der Waals surface area (Å²) in [5.74, 6) is 2.41. The number of hydrogen-bond acceptors (Lipinski definition) is 3. The van der Waals surface area contributed by atoms with Gasteiger partial charge in [0.2, 0.25) is 0 Å². The van der Waals surface area contributed by atoms with Gasteiger partial charge in [-0.15, -0.1) is 0 Å². The van der Waals surface area contributed by atoms with E-state index in [0.717, 1.165) is 24.5 Å². The summed E-state index contributed by atoms with van der Waals surface area (Å²) in [7, 11) is 3.48. The predicted octanol–water partition coefficient (Wildman–Crippen LogP) is 4.40. The number of benzene rings is 2. The molecule has 0 spiro atoms. The lowest BCUT2D eigenvalue weighted by Crippen LogP contribution is -2.45. The van der Waals surface area contributed by atoms with Crippen LogP contribution in [0.1, 0.15) is 41.9 Å². The highest BCUT2D eigenvalue weighted by Crippen LogP contribution is 2.46. The molecule has 0 aromatic heterocycles. The van der Waals surface area contributed by atoms with Crippen LogP contribution in [0.3, 0.4) is 0 Å². The largest absolute Gasteiger partial charge is 0.493 e. The highest BCUT2D eigenvalue weighted by Gasteiger charge is 2.37. The van der Waals surface area contributed by atoms with Crippen molar-refractivity contribution in [2.45, 2.75) is 44.2 Å². The number of rotatable bonds is 4. The van der Waals surface area contributed by atoms with Crippen LogP contribution >= 0.6 is 0 Å². The fourth-order valence-electron chi connectivity index (χ4n) is 4.79.